The monoisotopic (exact) mass is 237 g/mol. The second kappa shape index (κ2) is 3.22. The van der Waals surface area contributed by atoms with Gasteiger partial charge in [-0.1, -0.05) is 23.7 Å². The van der Waals surface area contributed by atoms with Gasteiger partial charge in [0.05, 0.1) is 0 Å². The zero-order valence-electron chi connectivity index (χ0n) is 8.61. The Hall–Kier alpha value is -1.06. The molecule has 2 aliphatic rings. The van der Waals surface area contributed by atoms with Crippen molar-refractivity contribution in [3.05, 3.63) is 34.9 Å². The van der Waals surface area contributed by atoms with Crippen LogP contribution in [-0.4, -0.2) is 24.2 Å². The summed E-state index contributed by atoms with van der Waals surface area (Å²) in [6, 6.07) is 7.26. The highest BCUT2D eigenvalue weighted by Gasteiger charge is 2.72. The molecule has 0 amide bonds. The molecule has 3 nitrogen and oxygen atoms in total. The van der Waals surface area contributed by atoms with Crippen molar-refractivity contribution < 1.29 is 9.90 Å². The topological polar surface area (TPSA) is 49.3 Å². The summed E-state index contributed by atoms with van der Waals surface area (Å²) < 4.78 is 0. The third-order valence-electron chi connectivity index (χ3n) is 3.93. The van der Waals surface area contributed by atoms with Crippen molar-refractivity contribution in [3.63, 3.8) is 0 Å². The minimum Gasteiger partial charge on any atom is -0.481 e. The van der Waals surface area contributed by atoms with Crippen molar-refractivity contribution >= 4 is 17.6 Å². The van der Waals surface area contributed by atoms with Crippen LogP contribution in [0.25, 0.3) is 0 Å². The van der Waals surface area contributed by atoms with Crippen LogP contribution in [0.3, 0.4) is 0 Å². The number of hydrogen-bond acceptors (Lipinski definition) is 2. The SMILES string of the molecule is O=C(O)C1(c2cccc(Cl)c2)C2CNCC21. The molecule has 2 fully saturated rings. The van der Waals surface area contributed by atoms with Crippen LogP contribution in [0.4, 0.5) is 0 Å². The number of aliphatic carboxylic acids is 1. The molecule has 4 heteroatoms. The highest BCUT2D eigenvalue weighted by Crippen LogP contribution is 2.61. The van der Waals surface area contributed by atoms with Gasteiger partial charge in [-0.15, -0.1) is 0 Å². The molecule has 1 aliphatic carbocycles. The van der Waals surface area contributed by atoms with Crippen LogP contribution in [0, 0.1) is 11.8 Å². The fourth-order valence-corrected chi connectivity index (χ4v) is 3.34. The molecule has 16 heavy (non-hydrogen) atoms. The van der Waals surface area contributed by atoms with Gasteiger partial charge in [0.2, 0.25) is 0 Å². The van der Waals surface area contributed by atoms with Crippen LogP contribution in [0.1, 0.15) is 5.56 Å². The normalized spacial score (nSPS) is 35.8. The molecule has 1 saturated carbocycles. The molecule has 0 radical (unpaired) electrons. The number of fused-ring (bicyclic) bond motifs is 1. The Morgan fingerprint density at radius 1 is 1.44 bits per heavy atom. The molecule has 0 bridgehead atoms. The van der Waals surface area contributed by atoms with Gasteiger partial charge in [0.25, 0.3) is 0 Å². The number of hydrogen-bond donors (Lipinski definition) is 2. The fourth-order valence-electron chi connectivity index (χ4n) is 3.15. The van der Waals surface area contributed by atoms with Crippen LogP contribution in [0.2, 0.25) is 5.02 Å². The van der Waals surface area contributed by atoms with Gasteiger partial charge in [0, 0.05) is 5.02 Å². The predicted molar refractivity (Wildman–Crippen MR) is 60.6 cm³/mol. The summed E-state index contributed by atoms with van der Waals surface area (Å²) in [5.41, 5.74) is 0.167. The average Bonchev–Trinajstić information content (AvgIpc) is 2.64. The van der Waals surface area contributed by atoms with E-state index in [1.54, 1.807) is 12.1 Å². The number of benzene rings is 1. The molecule has 1 heterocycles. The van der Waals surface area contributed by atoms with E-state index < -0.39 is 11.4 Å². The van der Waals surface area contributed by atoms with E-state index in [0.29, 0.717) is 5.02 Å². The summed E-state index contributed by atoms with van der Waals surface area (Å²) in [6.07, 6.45) is 0. The van der Waals surface area contributed by atoms with E-state index in [2.05, 4.69) is 5.32 Å². The van der Waals surface area contributed by atoms with Crippen molar-refractivity contribution in [2.24, 2.45) is 11.8 Å². The summed E-state index contributed by atoms with van der Waals surface area (Å²) in [5, 5.41) is 13.3. The lowest BCUT2D eigenvalue weighted by Crippen LogP contribution is -2.32. The van der Waals surface area contributed by atoms with E-state index in [1.165, 1.54) is 0 Å². The number of piperidine rings is 1. The first-order chi connectivity index (χ1) is 7.67. The lowest BCUT2D eigenvalue weighted by Gasteiger charge is -2.17. The van der Waals surface area contributed by atoms with Crippen LogP contribution in [-0.2, 0) is 10.2 Å². The Bertz CT molecular complexity index is 450. The van der Waals surface area contributed by atoms with Crippen molar-refractivity contribution in [1.82, 2.24) is 5.32 Å². The van der Waals surface area contributed by atoms with Gasteiger partial charge < -0.3 is 10.4 Å². The summed E-state index contributed by atoms with van der Waals surface area (Å²) >= 11 is 5.93. The smallest absolute Gasteiger partial charge is 0.314 e. The summed E-state index contributed by atoms with van der Waals surface area (Å²) in [7, 11) is 0. The molecule has 84 valence electrons. The van der Waals surface area contributed by atoms with E-state index in [1.807, 2.05) is 12.1 Å². The lowest BCUT2D eigenvalue weighted by molar-refractivity contribution is -0.141. The first-order valence-electron chi connectivity index (χ1n) is 5.37. The van der Waals surface area contributed by atoms with Gasteiger partial charge in [-0.05, 0) is 42.6 Å². The zero-order valence-corrected chi connectivity index (χ0v) is 9.37. The Labute approximate surface area is 98.4 Å². The lowest BCUT2D eigenvalue weighted by atomic mass is 9.90. The van der Waals surface area contributed by atoms with Gasteiger partial charge in [0.1, 0.15) is 5.41 Å². The second-order valence-corrected chi connectivity index (χ2v) is 4.99. The van der Waals surface area contributed by atoms with Crippen molar-refractivity contribution in [2.75, 3.05) is 13.1 Å². The maximum Gasteiger partial charge on any atom is 0.314 e. The van der Waals surface area contributed by atoms with Crippen LogP contribution >= 0.6 is 11.6 Å². The molecule has 1 aliphatic heterocycles. The number of nitrogens with one attached hydrogen (secondary N) is 1. The molecule has 3 rings (SSSR count). The second-order valence-electron chi connectivity index (χ2n) is 4.56. The van der Waals surface area contributed by atoms with Gasteiger partial charge >= 0.3 is 5.97 Å². The minimum absolute atomic E-state index is 0.225. The largest absolute Gasteiger partial charge is 0.481 e. The minimum atomic E-state index is -0.716. The molecule has 1 aromatic rings. The molecule has 2 N–H and O–H groups in total. The Kier molecular flexibility index (Phi) is 2.03. The van der Waals surface area contributed by atoms with Crippen LogP contribution in [0.15, 0.2) is 24.3 Å². The molecule has 1 saturated heterocycles. The number of carbonyl (C=O) groups is 1. The Morgan fingerprint density at radius 3 is 2.69 bits per heavy atom. The fraction of sp³-hybridized carbons (Fsp3) is 0.417. The maximum atomic E-state index is 11.5. The highest BCUT2D eigenvalue weighted by atomic mass is 35.5. The van der Waals surface area contributed by atoms with Gasteiger partial charge in [0.15, 0.2) is 0 Å². The molecule has 1 aromatic carbocycles. The van der Waals surface area contributed by atoms with Crippen molar-refractivity contribution in [1.29, 1.82) is 0 Å². The molecule has 2 atom stereocenters. The number of carboxylic acids is 1. The van der Waals surface area contributed by atoms with E-state index in [4.69, 9.17) is 11.6 Å². The van der Waals surface area contributed by atoms with E-state index in [0.717, 1.165) is 18.7 Å². The molecular formula is C12H12ClNO2. The third kappa shape index (κ3) is 1.10. The third-order valence-corrected chi connectivity index (χ3v) is 4.17. The van der Waals surface area contributed by atoms with Crippen molar-refractivity contribution in [3.8, 4) is 0 Å². The first kappa shape index (κ1) is 10.1. The molecule has 0 spiro atoms. The molecule has 0 aromatic heterocycles. The van der Waals surface area contributed by atoms with Crippen LogP contribution in [0.5, 0.6) is 0 Å². The summed E-state index contributed by atoms with van der Waals surface area (Å²) in [5.74, 6) is -0.266. The first-order valence-corrected chi connectivity index (χ1v) is 5.75. The number of rotatable bonds is 2. The number of halogens is 1. The van der Waals surface area contributed by atoms with Crippen molar-refractivity contribution in [2.45, 2.75) is 5.41 Å². The van der Waals surface area contributed by atoms with E-state index in [-0.39, 0.29) is 11.8 Å². The Morgan fingerprint density at radius 2 is 2.12 bits per heavy atom. The Balaban J connectivity index is 2.06. The van der Waals surface area contributed by atoms with E-state index >= 15 is 0 Å². The molecular weight excluding hydrogens is 226 g/mol. The van der Waals surface area contributed by atoms with Gasteiger partial charge in [-0.25, -0.2) is 0 Å². The zero-order chi connectivity index (χ0) is 11.3. The standard InChI is InChI=1S/C12H12ClNO2/c13-8-3-1-2-7(4-8)12(11(15)16)9-5-14-6-10(9)12/h1-4,9-10,14H,5-6H2,(H,15,16). The predicted octanol–water partition coefficient (Wildman–Crippen LogP) is 1.51. The maximum absolute atomic E-state index is 11.5. The van der Waals surface area contributed by atoms with Gasteiger partial charge in [-0.2, -0.15) is 0 Å². The average molecular weight is 238 g/mol. The quantitative estimate of drug-likeness (QED) is 0.820. The summed E-state index contributed by atoms with van der Waals surface area (Å²) in [4.78, 5) is 11.5. The van der Waals surface area contributed by atoms with Crippen LogP contribution < -0.4 is 5.32 Å². The number of carboxylic acid groups (broad SMARTS) is 1. The van der Waals surface area contributed by atoms with Gasteiger partial charge in [-0.3, -0.25) is 4.79 Å². The molecule has 2 unspecified atom stereocenters. The van der Waals surface area contributed by atoms with E-state index in [9.17, 15) is 9.90 Å². The summed E-state index contributed by atoms with van der Waals surface area (Å²) in [6.45, 7) is 1.59. The highest BCUT2D eigenvalue weighted by molar-refractivity contribution is 6.30.